The van der Waals surface area contributed by atoms with Crippen molar-refractivity contribution in [2.75, 3.05) is 13.6 Å². The molecule has 92 valence electrons. The predicted molar refractivity (Wildman–Crippen MR) is 73.7 cm³/mol. The van der Waals surface area contributed by atoms with Crippen molar-refractivity contribution >= 4 is 35.6 Å². The van der Waals surface area contributed by atoms with Gasteiger partial charge in [-0.3, -0.25) is 4.90 Å². The molecule has 0 aliphatic rings. The average molecular weight is 284 g/mol. The van der Waals surface area contributed by atoms with Gasteiger partial charge in [-0.2, -0.15) is 0 Å². The lowest BCUT2D eigenvalue weighted by Crippen LogP contribution is -2.34. The van der Waals surface area contributed by atoms with Crippen LogP contribution in [0.1, 0.15) is 12.5 Å². The highest BCUT2D eigenvalue weighted by molar-refractivity contribution is 6.35. The average Bonchev–Trinajstić information content (AvgIpc) is 2.20. The molecule has 0 heterocycles. The molecule has 1 rings (SSSR count). The van der Waals surface area contributed by atoms with E-state index in [0.29, 0.717) is 22.6 Å². The Morgan fingerprint density at radius 2 is 2.00 bits per heavy atom. The van der Waals surface area contributed by atoms with Gasteiger partial charge in [-0.15, -0.1) is 12.4 Å². The Bertz CT molecular complexity index is 331. The number of hydrogen-bond donors (Lipinski definition) is 1. The summed E-state index contributed by atoms with van der Waals surface area (Å²) in [6.07, 6.45) is 0. The lowest BCUT2D eigenvalue weighted by atomic mass is 10.2. The number of halogens is 3. The second-order valence-corrected chi connectivity index (χ2v) is 4.58. The molecule has 1 atom stereocenters. The van der Waals surface area contributed by atoms with Crippen LogP contribution in [0.3, 0.4) is 0 Å². The van der Waals surface area contributed by atoms with E-state index in [2.05, 4.69) is 11.8 Å². The fraction of sp³-hybridized carbons (Fsp3) is 0.455. The van der Waals surface area contributed by atoms with Crippen LogP contribution in [0.2, 0.25) is 10.0 Å². The number of rotatable bonds is 4. The third-order valence-corrected chi connectivity index (χ3v) is 3.12. The molecule has 0 radical (unpaired) electrons. The molecule has 0 bridgehead atoms. The molecule has 16 heavy (non-hydrogen) atoms. The Morgan fingerprint density at radius 1 is 1.38 bits per heavy atom. The summed E-state index contributed by atoms with van der Waals surface area (Å²) in [5, 5.41) is 1.37. The minimum Gasteiger partial charge on any atom is -0.329 e. The summed E-state index contributed by atoms with van der Waals surface area (Å²) in [6, 6.07) is 5.91. The van der Waals surface area contributed by atoms with Crippen LogP contribution in [0.4, 0.5) is 0 Å². The van der Waals surface area contributed by atoms with Gasteiger partial charge in [-0.1, -0.05) is 29.3 Å². The van der Waals surface area contributed by atoms with Gasteiger partial charge in [0.2, 0.25) is 0 Å². The molecule has 0 fully saturated rings. The SMILES string of the molecule is CC(CN)N(C)Cc1ccc(Cl)cc1Cl.Cl. The van der Waals surface area contributed by atoms with Gasteiger partial charge in [0.15, 0.2) is 0 Å². The summed E-state index contributed by atoms with van der Waals surface area (Å²) < 4.78 is 0. The zero-order chi connectivity index (χ0) is 11.4. The van der Waals surface area contributed by atoms with Crippen molar-refractivity contribution in [1.29, 1.82) is 0 Å². The van der Waals surface area contributed by atoms with E-state index in [0.717, 1.165) is 12.1 Å². The molecule has 5 heteroatoms. The lowest BCUT2D eigenvalue weighted by molar-refractivity contribution is 0.255. The van der Waals surface area contributed by atoms with Gasteiger partial charge < -0.3 is 5.73 Å². The Kier molecular flexibility index (Phi) is 7.36. The maximum absolute atomic E-state index is 6.08. The van der Waals surface area contributed by atoms with E-state index in [1.165, 1.54) is 0 Å². The minimum absolute atomic E-state index is 0. The third-order valence-electron chi connectivity index (χ3n) is 2.53. The summed E-state index contributed by atoms with van der Waals surface area (Å²) in [5.41, 5.74) is 6.67. The van der Waals surface area contributed by atoms with Crippen molar-refractivity contribution in [2.45, 2.75) is 19.5 Å². The largest absolute Gasteiger partial charge is 0.329 e. The van der Waals surface area contributed by atoms with Crippen LogP contribution in [-0.2, 0) is 6.54 Å². The molecule has 0 aromatic heterocycles. The van der Waals surface area contributed by atoms with Gasteiger partial charge in [0, 0.05) is 29.2 Å². The zero-order valence-electron chi connectivity index (χ0n) is 9.41. The molecule has 0 saturated carbocycles. The molecule has 0 aliphatic carbocycles. The van der Waals surface area contributed by atoms with E-state index in [1.54, 1.807) is 6.07 Å². The van der Waals surface area contributed by atoms with E-state index in [-0.39, 0.29) is 12.4 Å². The summed E-state index contributed by atoms with van der Waals surface area (Å²) in [7, 11) is 2.03. The predicted octanol–water partition coefficient (Wildman–Crippen LogP) is 3.19. The summed E-state index contributed by atoms with van der Waals surface area (Å²) >= 11 is 11.9. The fourth-order valence-corrected chi connectivity index (χ4v) is 1.72. The van der Waals surface area contributed by atoms with Crippen molar-refractivity contribution in [1.82, 2.24) is 4.90 Å². The highest BCUT2D eigenvalue weighted by atomic mass is 35.5. The van der Waals surface area contributed by atoms with Gasteiger partial charge in [0.1, 0.15) is 0 Å². The monoisotopic (exact) mass is 282 g/mol. The Balaban J connectivity index is 0.00000225. The molecule has 2 nitrogen and oxygen atoms in total. The maximum atomic E-state index is 6.08. The summed E-state index contributed by atoms with van der Waals surface area (Å²) in [5.74, 6) is 0. The highest BCUT2D eigenvalue weighted by Crippen LogP contribution is 2.22. The molecular weight excluding hydrogens is 266 g/mol. The van der Waals surface area contributed by atoms with Crippen molar-refractivity contribution in [3.63, 3.8) is 0 Å². The van der Waals surface area contributed by atoms with Gasteiger partial charge in [-0.25, -0.2) is 0 Å². The van der Waals surface area contributed by atoms with E-state index < -0.39 is 0 Å². The minimum atomic E-state index is 0. The number of benzene rings is 1. The number of nitrogens with two attached hydrogens (primary N) is 1. The Morgan fingerprint density at radius 3 is 2.50 bits per heavy atom. The van der Waals surface area contributed by atoms with Gasteiger partial charge in [-0.05, 0) is 31.7 Å². The van der Waals surface area contributed by atoms with Crippen LogP contribution >= 0.6 is 35.6 Å². The first-order valence-corrected chi connectivity index (χ1v) is 5.64. The zero-order valence-corrected chi connectivity index (χ0v) is 11.7. The third kappa shape index (κ3) is 4.48. The van der Waals surface area contributed by atoms with Crippen molar-refractivity contribution in [2.24, 2.45) is 5.73 Å². The van der Waals surface area contributed by atoms with E-state index in [4.69, 9.17) is 28.9 Å². The number of hydrogen-bond acceptors (Lipinski definition) is 2. The van der Waals surface area contributed by atoms with Crippen molar-refractivity contribution in [3.05, 3.63) is 33.8 Å². The first kappa shape index (κ1) is 16.0. The van der Waals surface area contributed by atoms with Gasteiger partial charge in [0.05, 0.1) is 0 Å². The maximum Gasteiger partial charge on any atom is 0.0465 e. The molecule has 0 aliphatic heterocycles. The van der Waals surface area contributed by atoms with Crippen LogP contribution in [0.5, 0.6) is 0 Å². The summed E-state index contributed by atoms with van der Waals surface area (Å²) in [6.45, 7) is 3.51. The Hall–Kier alpha value is 0.01000. The molecular formula is C11H17Cl3N2. The smallest absolute Gasteiger partial charge is 0.0465 e. The first-order chi connectivity index (χ1) is 7.04. The standard InChI is InChI=1S/C11H16Cl2N2.ClH/c1-8(6-14)15(2)7-9-3-4-10(12)5-11(9)13;/h3-5,8H,6-7,14H2,1-2H3;1H. The Labute approximate surface area is 113 Å². The van der Waals surface area contributed by atoms with Gasteiger partial charge >= 0.3 is 0 Å². The van der Waals surface area contributed by atoms with E-state index in [9.17, 15) is 0 Å². The molecule has 0 saturated heterocycles. The van der Waals surface area contributed by atoms with Crippen LogP contribution in [0, 0.1) is 0 Å². The normalized spacial score (nSPS) is 12.4. The second kappa shape index (κ2) is 7.36. The molecule has 0 spiro atoms. The molecule has 1 aromatic rings. The van der Waals surface area contributed by atoms with Crippen LogP contribution < -0.4 is 5.73 Å². The molecule has 1 unspecified atom stereocenters. The first-order valence-electron chi connectivity index (χ1n) is 4.89. The highest BCUT2D eigenvalue weighted by Gasteiger charge is 2.09. The lowest BCUT2D eigenvalue weighted by Gasteiger charge is -2.23. The fourth-order valence-electron chi connectivity index (χ4n) is 1.25. The second-order valence-electron chi connectivity index (χ2n) is 3.74. The van der Waals surface area contributed by atoms with Gasteiger partial charge in [0.25, 0.3) is 0 Å². The number of likely N-dealkylation sites (N-methyl/N-ethyl adjacent to an activating group) is 1. The quantitative estimate of drug-likeness (QED) is 0.919. The topological polar surface area (TPSA) is 29.3 Å². The molecule has 0 amide bonds. The van der Waals surface area contributed by atoms with Crippen LogP contribution in [-0.4, -0.2) is 24.5 Å². The van der Waals surface area contributed by atoms with Crippen LogP contribution in [0.15, 0.2) is 18.2 Å². The van der Waals surface area contributed by atoms with E-state index in [1.807, 2.05) is 19.2 Å². The van der Waals surface area contributed by atoms with Crippen molar-refractivity contribution in [3.8, 4) is 0 Å². The van der Waals surface area contributed by atoms with Crippen LogP contribution in [0.25, 0.3) is 0 Å². The van der Waals surface area contributed by atoms with E-state index >= 15 is 0 Å². The molecule has 2 N–H and O–H groups in total. The van der Waals surface area contributed by atoms with Crippen molar-refractivity contribution < 1.29 is 0 Å². The summed E-state index contributed by atoms with van der Waals surface area (Å²) in [4.78, 5) is 2.16. The number of nitrogens with zero attached hydrogens (tertiary/aromatic N) is 1. The molecule has 1 aromatic carbocycles.